The molecule has 3 aromatic rings. The fraction of sp³-hybridized carbons (Fsp3) is 0.300. The summed E-state index contributed by atoms with van der Waals surface area (Å²) < 4.78 is 40.5. The molecule has 3 aromatic carbocycles. The van der Waals surface area contributed by atoms with Crippen molar-refractivity contribution in [3.05, 3.63) is 95.6 Å². The number of nitrogens with zero attached hydrogens (tertiary/aromatic N) is 3. The SMILES string of the molecule is O=C1[C@H]2[C@@H](C(=O)N1c1cccc(C(F)(F)F)c1)[C@@]1(C(=O)N(Cc3ccccc3)c3ccccc31)N1CCC[C@@H]21. The standard InChI is InChI=1S/C30H24F3N3O3/c31-30(32,33)19-10-6-11-20(16-19)36-26(37)24-23-14-7-15-35(23)29(25(24)27(36)38)21-12-4-5-13-22(21)34(28(29)39)17-18-8-2-1-3-9-18/h1-6,8-13,16,23-25H,7,14-15,17H2/t23-,24+,25-,29-/m0/s1. The highest BCUT2D eigenvalue weighted by Gasteiger charge is 2.75. The van der Waals surface area contributed by atoms with Gasteiger partial charge in [-0.1, -0.05) is 54.6 Å². The van der Waals surface area contributed by atoms with Crippen LogP contribution >= 0.6 is 0 Å². The molecule has 0 bridgehead atoms. The smallest absolute Gasteiger partial charge is 0.306 e. The highest BCUT2D eigenvalue weighted by molar-refractivity contribution is 6.26. The van der Waals surface area contributed by atoms with Gasteiger partial charge >= 0.3 is 6.18 Å². The number of carbonyl (C=O) groups is 3. The molecule has 3 fully saturated rings. The summed E-state index contributed by atoms with van der Waals surface area (Å²) in [4.78, 5) is 47.3. The zero-order valence-electron chi connectivity index (χ0n) is 20.8. The number of amides is 3. The van der Waals surface area contributed by atoms with E-state index in [1.54, 1.807) is 4.90 Å². The maximum Gasteiger partial charge on any atom is 0.416 e. The van der Waals surface area contributed by atoms with Gasteiger partial charge in [0, 0.05) is 17.3 Å². The fourth-order valence-electron chi connectivity index (χ4n) is 7.34. The summed E-state index contributed by atoms with van der Waals surface area (Å²) in [5, 5.41) is 0. The molecule has 4 aliphatic heterocycles. The lowest BCUT2D eigenvalue weighted by molar-refractivity contribution is -0.138. The third kappa shape index (κ3) is 3.16. The molecular formula is C30H24F3N3O3. The van der Waals surface area contributed by atoms with Crippen molar-refractivity contribution >= 4 is 29.1 Å². The van der Waals surface area contributed by atoms with E-state index in [1.165, 1.54) is 12.1 Å². The van der Waals surface area contributed by atoms with Crippen LogP contribution in [0.5, 0.6) is 0 Å². The Morgan fingerprint density at radius 3 is 2.38 bits per heavy atom. The van der Waals surface area contributed by atoms with Gasteiger partial charge in [0.25, 0.3) is 5.91 Å². The zero-order chi connectivity index (χ0) is 27.1. The molecule has 39 heavy (non-hydrogen) atoms. The molecular weight excluding hydrogens is 507 g/mol. The molecule has 1 spiro atoms. The summed E-state index contributed by atoms with van der Waals surface area (Å²) in [6.07, 6.45) is -3.24. The van der Waals surface area contributed by atoms with Crippen molar-refractivity contribution in [2.24, 2.45) is 11.8 Å². The lowest BCUT2D eigenvalue weighted by atomic mass is 9.75. The lowest BCUT2D eigenvalue weighted by Gasteiger charge is -2.37. The Morgan fingerprint density at radius 1 is 0.872 bits per heavy atom. The molecule has 0 N–H and O–H groups in total. The molecule has 4 heterocycles. The second-order valence-corrected chi connectivity index (χ2v) is 10.6. The topological polar surface area (TPSA) is 60.9 Å². The summed E-state index contributed by atoms with van der Waals surface area (Å²) >= 11 is 0. The Hall–Kier alpha value is -3.98. The van der Waals surface area contributed by atoms with E-state index in [0.29, 0.717) is 30.8 Å². The number of carbonyl (C=O) groups excluding carboxylic acids is 3. The van der Waals surface area contributed by atoms with Crippen LogP contribution in [0.2, 0.25) is 0 Å². The van der Waals surface area contributed by atoms with Gasteiger partial charge in [-0.05, 0) is 49.2 Å². The van der Waals surface area contributed by atoms with Gasteiger partial charge in [-0.25, -0.2) is 4.90 Å². The van der Waals surface area contributed by atoms with Crippen molar-refractivity contribution in [1.82, 2.24) is 4.90 Å². The first-order valence-electron chi connectivity index (χ1n) is 13.0. The number of hydrogen-bond donors (Lipinski definition) is 0. The minimum atomic E-state index is -4.63. The van der Waals surface area contributed by atoms with Crippen LogP contribution in [0.1, 0.15) is 29.5 Å². The number of halogens is 3. The number of imide groups is 1. The zero-order valence-corrected chi connectivity index (χ0v) is 20.8. The van der Waals surface area contributed by atoms with Crippen molar-refractivity contribution in [2.75, 3.05) is 16.3 Å². The molecule has 3 amide bonds. The van der Waals surface area contributed by atoms with Crippen LogP contribution < -0.4 is 9.80 Å². The monoisotopic (exact) mass is 531 g/mol. The van der Waals surface area contributed by atoms with E-state index in [-0.39, 0.29) is 17.6 Å². The maximum atomic E-state index is 14.6. The highest BCUT2D eigenvalue weighted by atomic mass is 19.4. The third-order valence-corrected chi connectivity index (χ3v) is 8.76. The maximum absolute atomic E-state index is 14.6. The Labute approximate surface area is 222 Å². The number of hydrogen-bond acceptors (Lipinski definition) is 4. The van der Waals surface area contributed by atoms with Gasteiger partial charge in [-0.15, -0.1) is 0 Å². The minimum Gasteiger partial charge on any atom is -0.306 e. The van der Waals surface area contributed by atoms with E-state index >= 15 is 0 Å². The van der Waals surface area contributed by atoms with E-state index in [0.717, 1.165) is 29.0 Å². The molecule has 0 unspecified atom stereocenters. The number of para-hydroxylation sites is 1. The molecule has 0 aliphatic carbocycles. The predicted octanol–water partition coefficient (Wildman–Crippen LogP) is 4.73. The number of benzene rings is 3. The number of rotatable bonds is 3. The summed E-state index contributed by atoms with van der Waals surface area (Å²) in [5.74, 6) is -3.27. The molecule has 0 saturated carbocycles. The van der Waals surface area contributed by atoms with Crippen molar-refractivity contribution in [3.8, 4) is 0 Å². The van der Waals surface area contributed by atoms with Crippen molar-refractivity contribution in [2.45, 2.75) is 37.1 Å². The van der Waals surface area contributed by atoms with Gasteiger partial charge in [-0.2, -0.15) is 13.2 Å². The van der Waals surface area contributed by atoms with Gasteiger partial charge in [0.05, 0.1) is 29.6 Å². The summed E-state index contributed by atoms with van der Waals surface area (Å²) in [7, 11) is 0. The van der Waals surface area contributed by atoms with Gasteiger partial charge in [-0.3, -0.25) is 19.3 Å². The first kappa shape index (κ1) is 24.1. The van der Waals surface area contributed by atoms with E-state index in [4.69, 9.17) is 0 Å². The Morgan fingerprint density at radius 2 is 1.62 bits per heavy atom. The van der Waals surface area contributed by atoms with Crippen molar-refractivity contribution in [1.29, 1.82) is 0 Å². The van der Waals surface area contributed by atoms with Crippen LogP contribution in [0, 0.1) is 11.8 Å². The van der Waals surface area contributed by atoms with Crippen LogP contribution in [-0.2, 0) is 32.6 Å². The van der Waals surface area contributed by atoms with Gasteiger partial charge in [0.2, 0.25) is 11.8 Å². The number of alkyl halides is 3. The van der Waals surface area contributed by atoms with Crippen LogP contribution in [0.25, 0.3) is 0 Å². The van der Waals surface area contributed by atoms with Crippen LogP contribution in [0.4, 0.5) is 24.5 Å². The molecule has 9 heteroatoms. The molecule has 6 nitrogen and oxygen atoms in total. The average molecular weight is 532 g/mol. The average Bonchev–Trinajstić information content (AvgIpc) is 3.63. The molecule has 4 atom stereocenters. The van der Waals surface area contributed by atoms with Crippen molar-refractivity contribution in [3.63, 3.8) is 0 Å². The van der Waals surface area contributed by atoms with Gasteiger partial charge < -0.3 is 4.90 Å². The van der Waals surface area contributed by atoms with E-state index in [1.807, 2.05) is 59.5 Å². The largest absolute Gasteiger partial charge is 0.416 e. The highest BCUT2D eigenvalue weighted by Crippen LogP contribution is 2.62. The minimum absolute atomic E-state index is 0.117. The summed E-state index contributed by atoms with van der Waals surface area (Å²) in [5.41, 5.74) is -0.155. The van der Waals surface area contributed by atoms with E-state index in [2.05, 4.69) is 0 Å². The number of fused-ring (bicyclic) bond motifs is 7. The van der Waals surface area contributed by atoms with Crippen LogP contribution in [-0.4, -0.2) is 35.2 Å². The Balaban J connectivity index is 1.37. The first-order chi connectivity index (χ1) is 18.7. The van der Waals surface area contributed by atoms with Crippen molar-refractivity contribution < 1.29 is 27.6 Å². The summed E-state index contributed by atoms with van der Waals surface area (Å²) in [6, 6.07) is 20.8. The second kappa shape index (κ2) is 8.26. The fourth-order valence-corrected chi connectivity index (χ4v) is 7.34. The lowest BCUT2D eigenvalue weighted by Crippen LogP contribution is -2.55. The molecule has 3 saturated heterocycles. The Bertz CT molecular complexity index is 1520. The van der Waals surface area contributed by atoms with Crippen LogP contribution in [0.3, 0.4) is 0 Å². The number of anilines is 2. The molecule has 4 aliphatic rings. The van der Waals surface area contributed by atoms with E-state index < -0.39 is 40.9 Å². The molecule has 198 valence electrons. The molecule has 7 rings (SSSR count). The second-order valence-electron chi connectivity index (χ2n) is 10.6. The van der Waals surface area contributed by atoms with Gasteiger partial charge in [0.15, 0.2) is 0 Å². The molecule has 0 radical (unpaired) electrons. The third-order valence-electron chi connectivity index (χ3n) is 8.76. The predicted molar refractivity (Wildman–Crippen MR) is 136 cm³/mol. The summed E-state index contributed by atoms with van der Waals surface area (Å²) in [6.45, 7) is 0.856. The quantitative estimate of drug-likeness (QED) is 0.459. The Kier molecular flexibility index (Phi) is 5.10. The van der Waals surface area contributed by atoms with E-state index in [9.17, 15) is 27.6 Å². The first-order valence-corrected chi connectivity index (χ1v) is 13.0. The van der Waals surface area contributed by atoms with Crippen LogP contribution in [0.15, 0.2) is 78.9 Å². The molecule has 0 aromatic heterocycles. The normalized spacial score (nSPS) is 28.0. The van der Waals surface area contributed by atoms with Gasteiger partial charge in [0.1, 0.15) is 5.54 Å².